The number of fused-ring (bicyclic) bond motifs is 1. The van der Waals surface area contributed by atoms with Gasteiger partial charge in [0.2, 0.25) is 5.88 Å². The average molecular weight is 349 g/mol. The minimum Gasteiger partial charge on any atom is -0.481 e. The van der Waals surface area contributed by atoms with Crippen LogP contribution in [0, 0.1) is 0 Å². The van der Waals surface area contributed by atoms with E-state index >= 15 is 0 Å². The summed E-state index contributed by atoms with van der Waals surface area (Å²) in [5, 5.41) is 7.58. The number of alkyl halides is 3. The average Bonchev–Trinajstić information content (AvgIpc) is 2.88. The van der Waals surface area contributed by atoms with E-state index in [0.717, 1.165) is 17.5 Å². The Balaban J connectivity index is 1.82. The van der Waals surface area contributed by atoms with Gasteiger partial charge in [0, 0.05) is 18.3 Å². The summed E-state index contributed by atoms with van der Waals surface area (Å²) in [6.07, 6.45) is -4.41. The Bertz CT molecular complexity index is 931. The summed E-state index contributed by atoms with van der Waals surface area (Å²) in [6.45, 7) is 0. The third kappa shape index (κ3) is 3.28. The van der Waals surface area contributed by atoms with Gasteiger partial charge in [-0.2, -0.15) is 18.3 Å². The van der Waals surface area contributed by atoms with Crippen LogP contribution in [0.25, 0.3) is 10.9 Å². The van der Waals surface area contributed by atoms with Gasteiger partial charge in [-0.3, -0.25) is 4.79 Å². The standard InChI is InChI=1S/C17H14F3N3O2/c1-23-16(25-2)13-8-3-10(9-14(13)22-23)15(24)21-12-6-4-11(5-7-12)17(18,19)20/h3-9H,1-2H3,(H,21,24). The number of nitrogens with zero attached hydrogens (tertiary/aromatic N) is 2. The van der Waals surface area contributed by atoms with Crippen LogP contribution in [-0.4, -0.2) is 22.8 Å². The number of aryl methyl sites for hydroxylation is 1. The predicted octanol–water partition coefficient (Wildman–Crippen LogP) is 3.85. The topological polar surface area (TPSA) is 56.1 Å². The third-order valence-corrected chi connectivity index (χ3v) is 3.71. The number of rotatable bonds is 3. The Hall–Kier alpha value is -3.03. The molecule has 2 aromatic carbocycles. The van der Waals surface area contributed by atoms with Crippen molar-refractivity contribution in [3.63, 3.8) is 0 Å². The maximum atomic E-state index is 12.6. The van der Waals surface area contributed by atoms with Gasteiger partial charge in [0.25, 0.3) is 5.91 Å². The Labute approximate surface area is 141 Å². The van der Waals surface area contributed by atoms with Crippen molar-refractivity contribution in [2.75, 3.05) is 12.4 Å². The first-order valence-electron chi connectivity index (χ1n) is 7.29. The molecule has 0 fully saturated rings. The van der Waals surface area contributed by atoms with Crippen molar-refractivity contribution in [3.05, 3.63) is 53.6 Å². The molecule has 0 aliphatic heterocycles. The molecule has 0 unspecified atom stereocenters. The lowest BCUT2D eigenvalue weighted by Gasteiger charge is -2.09. The molecule has 3 rings (SSSR count). The van der Waals surface area contributed by atoms with Crippen LogP contribution in [0.15, 0.2) is 42.5 Å². The molecule has 25 heavy (non-hydrogen) atoms. The van der Waals surface area contributed by atoms with E-state index < -0.39 is 17.6 Å². The molecule has 1 aromatic heterocycles. The van der Waals surface area contributed by atoms with E-state index in [1.807, 2.05) is 0 Å². The lowest BCUT2D eigenvalue weighted by atomic mass is 10.1. The molecule has 1 N–H and O–H groups in total. The fraction of sp³-hybridized carbons (Fsp3) is 0.176. The molecule has 0 saturated carbocycles. The summed E-state index contributed by atoms with van der Waals surface area (Å²) < 4.78 is 44.5. The fourth-order valence-electron chi connectivity index (χ4n) is 2.51. The Morgan fingerprint density at radius 1 is 1.16 bits per heavy atom. The van der Waals surface area contributed by atoms with Crippen LogP contribution in [0.4, 0.5) is 18.9 Å². The molecule has 0 saturated heterocycles. The Morgan fingerprint density at radius 3 is 2.44 bits per heavy atom. The molecule has 0 atom stereocenters. The molecular weight excluding hydrogens is 335 g/mol. The summed E-state index contributed by atoms with van der Waals surface area (Å²) in [5.41, 5.74) is 0.428. The Kier molecular flexibility index (Phi) is 4.12. The van der Waals surface area contributed by atoms with Crippen LogP contribution < -0.4 is 10.1 Å². The van der Waals surface area contributed by atoms with E-state index in [1.54, 1.807) is 29.9 Å². The van der Waals surface area contributed by atoms with Crippen molar-refractivity contribution >= 4 is 22.5 Å². The number of carbonyl (C=O) groups excluding carboxylic acids is 1. The third-order valence-electron chi connectivity index (χ3n) is 3.71. The van der Waals surface area contributed by atoms with Gasteiger partial charge < -0.3 is 10.1 Å². The number of aromatic nitrogens is 2. The van der Waals surface area contributed by atoms with Gasteiger partial charge in [-0.25, -0.2) is 4.68 Å². The molecule has 0 aliphatic carbocycles. The molecule has 0 aliphatic rings. The number of hydrogen-bond acceptors (Lipinski definition) is 3. The van der Waals surface area contributed by atoms with Gasteiger partial charge in [-0.1, -0.05) is 0 Å². The lowest BCUT2D eigenvalue weighted by Crippen LogP contribution is -2.12. The zero-order chi connectivity index (χ0) is 18.2. The van der Waals surface area contributed by atoms with Crippen LogP contribution in [0.3, 0.4) is 0 Å². The molecule has 5 nitrogen and oxygen atoms in total. The largest absolute Gasteiger partial charge is 0.481 e. The minimum absolute atomic E-state index is 0.275. The molecule has 130 valence electrons. The summed E-state index contributed by atoms with van der Waals surface area (Å²) in [7, 11) is 3.25. The summed E-state index contributed by atoms with van der Waals surface area (Å²) in [5.74, 6) is 0.135. The molecule has 3 aromatic rings. The first kappa shape index (κ1) is 16.8. The van der Waals surface area contributed by atoms with Crippen molar-refractivity contribution < 1.29 is 22.7 Å². The molecule has 0 bridgehead atoms. The summed E-state index contributed by atoms with van der Waals surface area (Å²) >= 11 is 0. The lowest BCUT2D eigenvalue weighted by molar-refractivity contribution is -0.137. The van der Waals surface area contributed by atoms with Crippen LogP contribution in [0.2, 0.25) is 0 Å². The zero-order valence-corrected chi connectivity index (χ0v) is 13.4. The first-order chi connectivity index (χ1) is 11.8. The number of methoxy groups -OCH3 is 1. The van der Waals surface area contributed by atoms with Gasteiger partial charge in [0.15, 0.2) is 0 Å². The molecule has 1 amide bonds. The van der Waals surface area contributed by atoms with Crippen LogP contribution in [0.1, 0.15) is 15.9 Å². The number of amides is 1. The van der Waals surface area contributed by atoms with Crippen molar-refractivity contribution in [1.29, 1.82) is 0 Å². The van der Waals surface area contributed by atoms with E-state index in [0.29, 0.717) is 17.0 Å². The highest BCUT2D eigenvalue weighted by Crippen LogP contribution is 2.30. The summed E-state index contributed by atoms with van der Waals surface area (Å²) in [4.78, 5) is 12.3. The van der Waals surface area contributed by atoms with E-state index in [2.05, 4.69) is 10.4 Å². The van der Waals surface area contributed by atoms with Crippen LogP contribution >= 0.6 is 0 Å². The van der Waals surface area contributed by atoms with Crippen molar-refractivity contribution in [2.45, 2.75) is 6.18 Å². The normalized spacial score (nSPS) is 11.6. The van der Waals surface area contributed by atoms with Crippen molar-refractivity contribution in [3.8, 4) is 5.88 Å². The minimum atomic E-state index is -4.41. The van der Waals surface area contributed by atoms with E-state index in [-0.39, 0.29) is 5.69 Å². The van der Waals surface area contributed by atoms with Gasteiger partial charge in [0.1, 0.15) is 0 Å². The quantitative estimate of drug-likeness (QED) is 0.781. The molecule has 0 radical (unpaired) electrons. The number of hydrogen-bond donors (Lipinski definition) is 1. The molecular formula is C17H14F3N3O2. The van der Waals surface area contributed by atoms with Crippen LogP contribution in [-0.2, 0) is 13.2 Å². The van der Waals surface area contributed by atoms with Gasteiger partial charge in [-0.15, -0.1) is 0 Å². The SMILES string of the molecule is COc1c2ccc(C(=O)Nc3ccc(C(F)(F)F)cc3)cc2nn1C. The number of nitrogens with one attached hydrogen (secondary N) is 1. The summed E-state index contributed by atoms with van der Waals surface area (Å²) in [6, 6.07) is 9.17. The Morgan fingerprint density at radius 2 is 1.84 bits per heavy atom. The second kappa shape index (κ2) is 6.12. The molecule has 1 heterocycles. The fourth-order valence-corrected chi connectivity index (χ4v) is 2.51. The number of anilines is 1. The van der Waals surface area contributed by atoms with Crippen molar-refractivity contribution in [2.24, 2.45) is 7.05 Å². The smallest absolute Gasteiger partial charge is 0.416 e. The first-order valence-corrected chi connectivity index (χ1v) is 7.29. The van der Waals surface area contributed by atoms with E-state index in [4.69, 9.17) is 4.74 Å². The van der Waals surface area contributed by atoms with Gasteiger partial charge >= 0.3 is 6.18 Å². The number of carbonyl (C=O) groups is 1. The second-order valence-electron chi connectivity index (χ2n) is 5.39. The molecule has 0 spiro atoms. The maximum Gasteiger partial charge on any atom is 0.416 e. The van der Waals surface area contributed by atoms with Crippen LogP contribution in [0.5, 0.6) is 5.88 Å². The highest BCUT2D eigenvalue weighted by Gasteiger charge is 2.30. The van der Waals surface area contributed by atoms with Gasteiger partial charge in [-0.05, 0) is 42.5 Å². The number of ether oxygens (including phenoxy) is 1. The predicted molar refractivity (Wildman–Crippen MR) is 86.7 cm³/mol. The van der Waals surface area contributed by atoms with E-state index in [1.165, 1.54) is 19.2 Å². The second-order valence-corrected chi connectivity index (χ2v) is 5.39. The molecule has 8 heteroatoms. The maximum absolute atomic E-state index is 12.6. The van der Waals surface area contributed by atoms with Crippen molar-refractivity contribution in [1.82, 2.24) is 9.78 Å². The monoisotopic (exact) mass is 349 g/mol. The van der Waals surface area contributed by atoms with Gasteiger partial charge in [0.05, 0.1) is 23.6 Å². The highest BCUT2D eigenvalue weighted by molar-refractivity contribution is 6.06. The zero-order valence-electron chi connectivity index (χ0n) is 13.4. The number of benzene rings is 2. The number of halogens is 3. The van der Waals surface area contributed by atoms with E-state index in [9.17, 15) is 18.0 Å². The highest BCUT2D eigenvalue weighted by atomic mass is 19.4.